The summed E-state index contributed by atoms with van der Waals surface area (Å²) in [5, 5.41) is 0. The van der Waals surface area contributed by atoms with Gasteiger partial charge in [0.25, 0.3) is 0 Å². The van der Waals surface area contributed by atoms with Crippen LogP contribution in [0.5, 0.6) is 0 Å². The Hall–Kier alpha value is -0.980. The van der Waals surface area contributed by atoms with E-state index in [2.05, 4.69) is 43.9 Å². The summed E-state index contributed by atoms with van der Waals surface area (Å²) in [6.07, 6.45) is 2.47. The Balaban J connectivity index is 2.25. The Morgan fingerprint density at radius 2 is 2.13 bits per heavy atom. The summed E-state index contributed by atoms with van der Waals surface area (Å²) < 4.78 is 0. The molecule has 2 rings (SSSR count). The summed E-state index contributed by atoms with van der Waals surface area (Å²) >= 11 is 0. The van der Waals surface area contributed by atoms with Crippen LogP contribution in [0.2, 0.25) is 0 Å². The van der Waals surface area contributed by atoms with Crippen LogP contribution in [-0.4, -0.2) is 13.1 Å². The van der Waals surface area contributed by atoms with Crippen molar-refractivity contribution in [3.8, 4) is 0 Å². The van der Waals surface area contributed by atoms with Gasteiger partial charge in [-0.3, -0.25) is 0 Å². The molecule has 1 heterocycles. The second kappa shape index (κ2) is 4.26. The van der Waals surface area contributed by atoms with Crippen molar-refractivity contribution in [3.05, 3.63) is 29.3 Å². The maximum absolute atomic E-state index is 2.51. The molecular formula is C14H21N. The van der Waals surface area contributed by atoms with Gasteiger partial charge in [0.2, 0.25) is 0 Å². The number of rotatable bonds is 3. The minimum absolute atomic E-state index is 0.649. The second-order valence-electron chi connectivity index (χ2n) is 4.78. The Morgan fingerprint density at radius 1 is 1.33 bits per heavy atom. The summed E-state index contributed by atoms with van der Waals surface area (Å²) in [4.78, 5) is 2.51. The van der Waals surface area contributed by atoms with Gasteiger partial charge in [0, 0.05) is 18.8 Å². The van der Waals surface area contributed by atoms with E-state index in [4.69, 9.17) is 0 Å². The van der Waals surface area contributed by atoms with Crippen LogP contribution in [0.3, 0.4) is 0 Å². The fourth-order valence-electron chi connectivity index (χ4n) is 2.35. The highest BCUT2D eigenvalue weighted by atomic mass is 15.1. The van der Waals surface area contributed by atoms with Gasteiger partial charge in [0.15, 0.2) is 0 Å². The molecule has 82 valence electrons. The summed E-state index contributed by atoms with van der Waals surface area (Å²) in [6.45, 7) is 9.19. The molecule has 1 aliphatic rings. The molecule has 1 nitrogen and oxygen atoms in total. The van der Waals surface area contributed by atoms with E-state index in [0.29, 0.717) is 5.92 Å². The monoisotopic (exact) mass is 203 g/mol. The van der Waals surface area contributed by atoms with Gasteiger partial charge in [-0.25, -0.2) is 0 Å². The predicted molar refractivity (Wildman–Crippen MR) is 66.7 cm³/mol. The number of fused-ring (bicyclic) bond motifs is 1. The zero-order chi connectivity index (χ0) is 10.8. The third-order valence-corrected chi connectivity index (χ3v) is 3.26. The number of hydrogen-bond acceptors (Lipinski definition) is 1. The van der Waals surface area contributed by atoms with Crippen LogP contribution in [0, 0.1) is 0 Å². The fourth-order valence-corrected chi connectivity index (χ4v) is 2.35. The van der Waals surface area contributed by atoms with E-state index in [1.165, 1.54) is 37.2 Å². The molecule has 0 aliphatic carbocycles. The molecular weight excluding hydrogens is 182 g/mol. The number of benzene rings is 1. The van der Waals surface area contributed by atoms with Crippen molar-refractivity contribution in [2.45, 2.75) is 39.5 Å². The topological polar surface area (TPSA) is 3.24 Å². The van der Waals surface area contributed by atoms with Crippen LogP contribution in [-0.2, 0) is 6.42 Å². The maximum atomic E-state index is 2.51. The molecule has 0 N–H and O–H groups in total. The van der Waals surface area contributed by atoms with Gasteiger partial charge in [-0.2, -0.15) is 0 Å². The van der Waals surface area contributed by atoms with Crippen molar-refractivity contribution in [2.75, 3.05) is 18.0 Å². The van der Waals surface area contributed by atoms with E-state index in [0.717, 1.165) is 0 Å². The lowest BCUT2D eigenvalue weighted by molar-refractivity contribution is 0.796. The van der Waals surface area contributed by atoms with E-state index in [9.17, 15) is 0 Å². The molecule has 1 aromatic rings. The second-order valence-corrected chi connectivity index (χ2v) is 4.78. The highest BCUT2D eigenvalue weighted by Crippen LogP contribution is 2.30. The maximum Gasteiger partial charge on any atom is 0.0399 e. The van der Waals surface area contributed by atoms with Crippen molar-refractivity contribution in [1.82, 2.24) is 0 Å². The van der Waals surface area contributed by atoms with Crippen LogP contribution in [0.15, 0.2) is 18.2 Å². The normalized spacial score (nSPS) is 14.8. The third kappa shape index (κ3) is 2.01. The first-order chi connectivity index (χ1) is 7.22. The van der Waals surface area contributed by atoms with Crippen molar-refractivity contribution in [1.29, 1.82) is 0 Å². The molecule has 0 saturated heterocycles. The molecule has 0 radical (unpaired) electrons. The van der Waals surface area contributed by atoms with Gasteiger partial charge in [0.05, 0.1) is 0 Å². The number of hydrogen-bond donors (Lipinski definition) is 0. The van der Waals surface area contributed by atoms with Crippen LogP contribution in [0.4, 0.5) is 5.69 Å². The van der Waals surface area contributed by atoms with Crippen molar-refractivity contribution < 1.29 is 0 Å². The minimum Gasteiger partial charge on any atom is -0.371 e. The SMILES string of the molecule is CCCN1CCc2cc(C(C)C)ccc21. The van der Waals surface area contributed by atoms with Gasteiger partial charge < -0.3 is 4.90 Å². The van der Waals surface area contributed by atoms with Crippen molar-refractivity contribution in [3.63, 3.8) is 0 Å². The van der Waals surface area contributed by atoms with Gasteiger partial charge in [-0.15, -0.1) is 0 Å². The Morgan fingerprint density at radius 3 is 2.80 bits per heavy atom. The lowest BCUT2D eigenvalue weighted by atomic mass is 10.00. The van der Waals surface area contributed by atoms with Crippen molar-refractivity contribution in [2.24, 2.45) is 0 Å². The molecule has 1 aliphatic heterocycles. The first-order valence-corrected chi connectivity index (χ1v) is 6.10. The molecule has 0 fully saturated rings. The van der Waals surface area contributed by atoms with Crippen LogP contribution >= 0.6 is 0 Å². The molecule has 0 atom stereocenters. The first kappa shape index (κ1) is 10.5. The predicted octanol–water partition coefficient (Wildman–Crippen LogP) is 3.58. The molecule has 1 heteroatoms. The standard InChI is InChI=1S/C14H21N/c1-4-8-15-9-7-13-10-12(11(2)3)5-6-14(13)15/h5-6,10-11H,4,7-9H2,1-3H3. The smallest absolute Gasteiger partial charge is 0.0399 e. The van der Waals surface area contributed by atoms with Gasteiger partial charge in [-0.1, -0.05) is 32.9 Å². The quantitative estimate of drug-likeness (QED) is 0.725. The fraction of sp³-hybridized carbons (Fsp3) is 0.571. The zero-order valence-electron chi connectivity index (χ0n) is 10.1. The van der Waals surface area contributed by atoms with Crippen LogP contribution < -0.4 is 4.90 Å². The lowest BCUT2D eigenvalue weighted by Crippen LogP contribution is -2.20. The van der Waals surface area contributed by atoms with E-state index in [1.807, 2.05) is 0 Å². The zero-order valence-corrected chi connectivity index (χ0v) is 10.1. The molecule has 0 unspecified atom stereocenters. The highest BCUT2D eigenvalue weighted by molar-refractivity contribution is 5.59. The minimum atomic E-state index is 0.649. The highest BCUT2D eigenvalue weighted by Gasteiger charge is 2.18. The number of anilines is 1. The number of nitrogens with zero attached hydrogens (tertiary/aromatic N) is 1. The molecule has 0 spiro atoms. The van der Waals surface area contributed by atoms with E-state index in [-0.39, 0.29) is 0 Å². The average Bonchev–Trinajstić information content (AvgIpc) is 2.61. The largest absolute Gasteiger partial charge is 0.371 e. The van der Waals surface area contributed by atoms with Gasteiger partial charge >= 0.3 is 0 Å². The molecule has 15 heavy (non-hydrogen) atoms. The van der Waals surface area contributed by atoms with Crippen LogP contribution in [0.25, 0.3) is 0 Å². The summed E-state index contributed by atoms with van der Waals surface area (Å²) in [7, 11) is 0. The third-order valence-electron chi connectivity index (χ3n) is 3.26. The Labute approximate surface area is 93.1 Å². The molecule has 0 saturated carbocycles. The summed E-state index contributed by atoms with van der Waals surface area (Å²) in [6, 6.07) is 7.00. The van der Waals surface area contributed by atoms with Crippen molar-refractivity contribution >= 4 is 5.69 Å². The van der Waals surface area contributed by atoms with Gasteiger partial charge in [0.1, 0.15) is 0 Å². The average molecular weight is 203 g/mol. The molecule has 0 aromatic heterocycles. The molecule has 0 bridgehead atoms. The molecule has 1 aromatic carbocycles. The molecule has 0 amide bonds. The first-order valence-electron chi connectivity index (χ1n) is 6.10. The lowest BCUT2D eigenvalue weighted by Gasteiger charge is -2.18. The van der Waals surface area contributed by atoms with E-state index >= 15 is 0 Å². The van der Waals surface area contributed by atoms with E-state index in [1.54, 1.807) is 5.56 Å². The summed E-state index contributed by atoms with van der Waals surface area (Å²) in [5.41, 5.74) is 4.50. The van der Waals surface area contributed by atoms with Crippen LogP contribution in [0.1, 0.15) is 44.2 Å². The Bertz CT molecular complexity index is 341. The summed E-state index contributed by atoms with van der Waals surface area (Å²) in [5.74, 6) is 0.649. The van der Waals surface area contributed by atoms with Gasteiger partial charge in [-0.05, 0) is 36.0 Å². The van der Waals surface area contributed by atoms with E-state index < -0.39 is 0 Å². The Kier molecular flexibility index (Phi) is 2.99.